The van der Waals surface area contributed by atoms with E-state index in [2.05, 4.69) is 9.73 Å². The monoisotopic (exact) mass is 253 g/mol. The minimum Gasteiger partial charge on any atom is -0.468 e. The van der Waals surface area contributed by atoms with Gasteiger partial charge in [0.2, 0.25) is 0 Å². The Morgan fingerprint density at radius 3 is 2.47 bits per heavy atom. The maximum Gasteiger partial charge on any atom is 0.327 e. The van der Waals surface area contributed by atoms with E-state index in [0.29, 0.717) is 10.7 Å². The van der Waals surface area contributed by atoms with Crippen LogP contribution in [-0.2, 0) is 9.53 Å². The van der Waals surface area contributed by atoms with Crippen molar-refractivity contribution in [2.45, 2.75) is 6.04 Å². The number of benzene rings is 1. The zero-order chi connectivity index (χ0) is 12.8. The number of carbonyl (C=O) groups excluding carboxylic acids is 1. The minimum atomic E-state index is -0.768. The van der Waals surface area contributed by atoms with Gasteiger partial charge in [0.15, 0.2) is 5.17 Å². The molecule has 0 bridgehead atoms. The number of esters is 1. The number of carbonyl (C=O) groups is 1. The predicted octanol–water partition coefficient (Wildman–Crippen LogP) is 1.17. The fraction of sp³-hybridized carbons (Fsp3) is 0.273. The zero-order valence-electron chi connectivity index (χ0n) is 9.71. The van der Waals surface area contributed by atoms with Crippen molar-refractivity contribution >= 4 is 28.6 Å². The van der Waals surface area contributed by atoms with E-state index in [1.165, 1.54) is 18.9 Å². The van der Waals surface area contributed by atoms with Crippen LogP contribution >= 0.6 is 11.8 Å². The van der Waals surface area contributed by atoms with E-state index >= 15 is 0 Å². The second-order valence-electron chi connectivity index (χ2n) is 3.25. The van der Waals surface area contributed by atoms with E-state index in [1.54, 1.807) is 24.3 Å². The van der Waals surface area contributed by atoms with Crippen LogP contribution in [0.4, 0.5) is 5.69 Å². The third kappa shape index (κ3) is 3.76. The largest absolute Gasteiger partial charge is 0.468 e. The number of hydrogen-bond donors (Lipinski definition) is 2. The molecule has 0 radical (unpaired) electrons. The van der Waals surface area contributed by atoms with E-state index in [4.69, 9.17) is 11.5 Å². The smallest absolute Gasteiger partial charge is 0.327 e. The molecule has 0 heterocycles. The first-order valence-electron chi connectivity index (χ1n) is 4.90. The van der Waals surface area contributed by atoms with Gasteiger partial charge in [-0.1, -0.05) is 23.9 Å². The number of aliphatic imine (C=N–C) groups is 1. The van der Waals surface area contributed by atoms with Crippen LogP contribution in [0.1, 0.15) is 11.6 Å². The van der Waals surface area contributed by atoms with Gasteiger partial charge in [0.05, 0.1) is 12.8 Å². The highest BCUT2D eigenvalue weighted by atomic mass is 32.2. The van der Waals surface area contributed by atoms with E-state index in [1.807, 2.05) is 6.26 Å². The SMILES string of the molecule is COC(=O)C(N)c1ccc(N=C(N)SC)cc1. The molecular weight excluding hydrogens is 238 g/mol. The predicted molar refractivity (Wildman–Crippen MR) is 70.2 cm³/mol. The Balaban J connectivity index is 2.85. The summed E-state index contributed by atoms with van der Waals surface area (Å²) in [6.45, 7) is 0. The van der Waals surface area contributed by atoms with Gasteiger partial charge in [0.25, 0.3) is 0 Å². The number of thioether (sulfide) groups is 1. The molecule has 0 amide bonds. The lowest BCUT2D eigenvalue weighted by Crippen LogP contribution is -2.22. The van der Waals surface area contributed by atoms with Crippen LogP contribution in [0.25, 0.3) is 0 Å². The average Bonchev–Trinajstić information content (AvgIpc) is 2.37. The Hall–Kier alpha value is -1.53. The number of nitrogens with two attached hydrogens (primary N) is 2. The lowest BCUT2D eigenvalue weighted by molar-refractivity contribution is -0.142. The summed E-state index contributed by atoms with van der Waals surface area (Å²) in [7, 11) is 1.31. The summed E-state index contributed by atoms with van der Waals surface area (Å²) in [5, 5.41) is 0.481. The topological polar surface area (TPSA) is 90.7 Å². The number of rotatable bonds is 3. The first kappa shape index (κ1) is 13.5. The number of hydrogen-bond acceptors (Lipinski definition) is 5. The van der Waals surface area contributed by atoms with Gasteiger partial charge in [-0.25, -0.2) is 4.99 Å². The molecule has 92 valence electrons. The Labute approximate surface area is 104 Å². The molecule has 1 rings (SSSR count). The maximum absolute atomic E-state index is 11.2. The summed E-state index contributed by atoms with van der Waals surface area (Å²) in [6.07, 6.45) is 1.85. The average molecular weight is 253 g/mol. The van der Waals surface area contributed by atoms with Gasteiger partial charge in [-0.3, -0.25) is 4.79 Å². The van der Waals surface area contributed by atoms with E-state index in [-0.39, 0.29) is 0 Å². The summed E-state index contributed by atoms with van der Waals surface area (Å²) in [4.78, 5) is 15.4. The molecule has 6 heteroatoms. The molecule has 1 aromatic rings. The standard InChI is InChI=1S/C11H15N3O2S/c1-16-10(15)9(12)7-3-5-8(6-4-7)14-11(13)17-2/h3-6,9H,12H2,1-2H3,(H2,13,14). The highest BCUT2D eigenvalue weighted by molar-refractivity contribution is 8.13. The third-order valence-corrected chi connectivity index (χ3v) is 2.67. The highest BCUT2D eigenvalue weighted by Crippen LogP contribution is 2.18. The van der Waals surface area contributed by atoms with Crippen LogP contribution in [0.2, 0.25) is 0 Å². The number of nitrogens with zero attached hydrogens (tertiary/aromatic N) is 1. The number of methoxy groups -OCH3 is 1. The summed E-state index contributed by atoms with van der Waals surface area (Å²) in [5.41, 5.74) is 12.7. The molecule has 0 aliphatic heterocycles. The second kappa shape index (κ2) is 6.27. The molecule has 0 aliphatic carbocycles. The Morgan fingerprint density at radius 2 is 2.00 bits per heavy atom. The fourth-order valence-electron chi connectivity index (χ4n) is 1.19. The van der Waals surface area contributed by atoms with Gasteiger partial charge < -0.3 is 16.2 Å². The second-order valence-corrected chi connectivity index (χ2v) is 4.07. The van der Waals surface area contributed by atoms with Gasteiger partial charge >= 0.3 is 5.97 Å². The fourth-order valence-corrected chi connectivity index (χ4v) is 1.39. The minimum absolute atomic E-state index is 0.468. The van der Waals surface area contributed by atoms with Gasteiger partial charge in [0.1, 0.15) is 6.04 Å². The van der Waals surface area contributed by atoms with Crippen LogP contribution < -0.4 is 11.5 Å². The van der Waals surface area contributed by atoms with Crippen molar-refractivity contribution in [3.05, 3.63) is 29.8 Å². The van der Waals surface area contributed by atoms with Gasteiger partial charge in [-0.15, -0.1) is 0 Å². The van der Waals surface area contributed by atoms with Gasteiger partial charge in [0, 0.05) is 0 Å². The van der Waals surface area contributed by atoms with Crippen LogP contribution in [-0.4, -0.2) is 24.5 Å². The Morgan fingerprint density at radius 1 is 1.41 bits per heavy atom. The summed E-state index contributed by atoms with van der Waals surface area (Å²) in [5.74, 6) is -0.468. The first-order chi connectivity index (χ1) is 8.08. The maximum atomic E-state index is 11.2. The quantitative estimate of drug-likeness (QED) is 0.479. The van der Waals surface area contributed by atoms with E-state index in [0.717, 1.165) is 5.69 Å². The normalized spacial score (nSPS) is 13.2. The zero-order valence-corrected chi connectivity index (χ0v) is 10.5. The van der Waals surface area contributed by atoms with Gasteiger partial charge in [-0.05, 0) is 24.0 Å². The molecule has 1 aromatic carbocycles. The van der Waals surface area contributed by atoms with Crippen LogP contribution in [0, 0.1) is 0 Å². The molecule has 1 unspecified atom stereocenters. The van der Waals surface area contributed by atoms with Crippen molar-refractivity contribution in [3.8, 4) is 0 Å². The lowest BCUT2D eigenvalue weighted by Gasteiger charge is -2.09. The number of ether oxygens (including phenoxy) is 1. The van der Waals surface area contributed by atoms with Crippen LogP contribution in [0.5, 0.6) is 0 Å². The van der Waals surface area contributed by atoms with Crippen molar-refractivity contribution < 1.29 is 9.53 Å². The molecule has 5 nitrogen and oxygen atoms in total. The molecular formula is C11H15N3O2S. The van der Waals surface area contributed by atoms with Gasteiger partial charge in [-0.2, -0.15) is 0 Å². The van der Waals surface area contributed by atoms with Crippen molar-refractivity contribution in [2.24, 2.45) is 16.5 Å². The summed E-state index contributed by atoms with van der Waals surface area (Å²) in [6, 6.07) is 6.20. The first-order valence-corrected chi connectivity index (χ1v) is 6.12. The molecule has 1 atom stereocenters. The molecule has 17 heavy (non-hydrogen) atoms. The molecule has 0 fully saturated rings. The summed E-state index contributed by atoms with van der Waals surface area (Å²) < 4.78 is 4.56. The third-order valence-electron chi connectivity index (χ3n) is 2.16. The van der Waals surface area contributed by atoms with E-state index < -0.39 is 12.0 Å². The lowest BCUT2D eigenvalue weighted by atomic mass is 10.1. The molecule has 0 aliphatic rings. The molecule has 0 spiro atoms. The van der Waals surface area contributed by atoms with Crippen LogP contribution in [0.3, 0.4) is 0 Å². The molecule has 0 saturated heterocycles. The van der Waals surface area contributed by atoms with Crippen molar-refractivity contribution in [3.63, 3.8) is 0 Å². The Bertz CT molecular complexity index is 417. The van der Waals surface area contributed by atoms with Crippen LogP contribution in [0.15, 0.2) is 29.3 Å². The van der Waals surface area contributed by atoms with Crippen molar-refractivity contribution in [1.82, 2.24) is 0 Å². The molecule has 0 saturated carbocycles. The van der Waals surface area contributed by atoms with Crippen molar-refractivity contribution in [1.29, 1.82) is 0 Å². The molecule has 4 N–H and O–H groups in total. The summed E-state index contributed by atoms with van der Waals surface area (Å²) >= 11 is 1.37. The van der Waals surface area contributed by atoms with E-state index in [9.17, 15) is 4.79 Å². The molecule has 0 aromatic heterocycles. The van der Waals surface area contributed by atoms with Crippen molar-refractivity contribution in [2.75, 3.05) is 13.4 Å². The Kier molecular flexibility index (Phi) is 4.99. The highest BCUT2D eigenvalue weighted by Gasteiger charge is 2.15. The number of amidine groups is 1.